The average molecular weight is 320 g/mol. The second-order valence-electron chi connectivity index (χ2n) is 5.77. The van der Waals surface area contributed by atoms with Crippen LogP contribution in [0.1, 0.15) is 40.3 Å². The van der Waals surface area contributed by atoms with Crippen molar-refractivity contribution in [1.29, 1.82) is 0 Å². The number of hydrogen-bond acceptors (Lipinski definition) is 3. The van der Waals surface area contributed by atoms with Crippen LogP contribution in [0.15, 0.2) is 54.9 Å². The molecule has 3 rings (SSSR count). The highest BCUT2D eigenvalue weighted by atomic mass is 16.1. The van der Waals surface area contributed by atoms with Crippen LogP contribution in [-0.4, -0.2) is 20.7 Å². The van der Waals surface area contributed by atoms with Crippen molar-refractivity contribution < 1.29 is 4.79 Å². The zero-order chi connectivity index (χ0) is 17.1. The van der Waals surface area contributed by atoms with Gasteiger partial charge in [-0.15, -0.1) is 0 Å². The molecule has 0 fully saturated rings. The Kier molecular flexibility index (Phi) is 4.42. The zero-order valence-corrected chi connectivity index (χ0v) is 14.0. The van der Waals surface area contributed by atoms with Gasteiger partial charge >= 0.3 is 0 Å². The number of nitrogens with one attached hydrogen (secondary N) is 1. The molecule has 0 spiro atoms. The Morgan fingerprint density at radius 2 is 1.88 bits per heavy atom. The van der Waals surface area contributed by atoms with Gasteiger partial charge < -0.3 is 5.32 Å². The number of amides is 1. The van der Waals surface area contributed by atoms with Crippen molar-refractivity contribution in [3.63, 3.8) is 0 Å². The van der Waals surface area contributed by atoms with Crippen LogP contribution >= 0.6 is 0 Å². The number of carbonyl (C=O) groups excluding carboxylic acids is 1. The highest BCUT2D eigenvalue weighted by molar-refractivity contribution is 5.96. The molecule has 0 aliphatic rings. The summed E-state index contributed by atoms with van der Waals surface area (Å²) < 4.78 is 1.80. The maximum Gasteiger partial charge on any atom is 0.255 e. The number of aryl methyl sites for hydroxylation is 1. The average Bonchev–Trinajstić information content (AvgIpc) is 2.91. The Morgan fingerprint density at radius 1 is 1.12 bits per heavy atom. The Balaban J connectivity index is 1.87. The molecule has 1 unspecified atom stereocenters. The molecule has 3 aromatic rings. The quantitative estimate of drug-likeness (QED) is 0.802. The molecule has 5 nitrogen and oxygen atoms in total. The molecule has 1 amide bonds. The number of carbonyl (C=O) groups is 1. The van der Waals surface area contributed by atoms with E-state index in [1.54, 1.807) is 17.1 Å². The van der Waals surface area contributed by atoms with E-state index in [4.69, 9.17) is 0 Å². The third-order valence-electron chi connectivity index (χ3n) is 4.05. The zero-order valence-electron chi connectivity index (χ0n) is 14.0. The van der Waals surface area contributed by atoms with E-state index in [0.717, 1.165) is 16.9 Å². The maximum absolute atomic E-state index is 12.7. The van der Waals surface area contributed by atoms with Crippen molar-refractivity contribution in [3.05, 3.63) is 77.4 Å². The summed E-state index contributed by atoms with van der Waals surface area (Å²) in [5.41, 5.74) is 4.07. The number of hydrogen-bond donors (Lipinski definition) is 1. The highest BCUT2D eigenvalue weighted by Crippen LogP contribution is 2.19. The first-order valence-electron chi connectivity index (χ1n) is 7.90. The molecule has 0 aliphatic heterocycles. The molecule has 5 heteroatoms. The number of benzene rings is 1. The Labute approximate surface area is 141 Å². The smallest absolute Gasteiger partial charge is 0.255 e. The highest BCUT2D eigenvalue weighted by Gasteiger charge is 2.21. The van der Waals surface area contributed by atoms with E-state index in [9.17, 15) is 4.79 Å². The normalized spacial score (nSPS) is 12.0. The van der Waals surface area contributed by atoms with Gasteiger partial charge in [0.05, 0.1) is 28.7 Å². The molecule has 1 aromatic carbocycles. The fraction of sp³-hybridized carbons (Fsp3) is 0.211. The van der Waals surface area contributed by atoms with Gasteiger partial charge in [-0.3, -0.25) is 9.78 Å². The van der Waals surface area contributed by atoms with E-state index in [1.165, 1.54) is 0 Å². The lowest BCUT2D eigenvalue weighted by Crippen LogP contribution is -2.27. The molecular weight excluding hydrogens is 300 g/mol. The molecule has 1 N–H and O–H groups in total. The number of para-hydroxylation sites is 1. The van der Waals surface area contributed by atoms with E-state index in [0.29, 0.717) is 11.3 Å². The SMILES string of the molecule is Cc1nn(-c2ccccc2)c(C)c1C(=O)NC(C)c1cccnc1. The molecule has 0 radical (unpaired) electrons. The lowest BCUT2D eigenvalue weighted by atomic mass is 10.1. The van der Waals surface area contributed by atoms with E-state index >= 15 is 0 Å². The Morgan fingerprint density at radius 3 is 2.54 bits per heavy atom. The van der Waals surface area contributed by atoms with Crippen LogP contribution in [0.3, 0.4) is 0 Å². The van der Waals surface area contributed by atoms with Crippen LogP contribution in [-0.2, 0) is 0 Å². The predicted octanol–water partition coefficient (Wildman–Crippen LogP) is 3.38. The standard InChI is InChI=1S/C19H20N4O/c1-13(16-8-7-11-20-12-16)21-19(24)18-14(2)22-23(15(18)3)17-9-5-4-6-10-17/h4-13H,1-3H3,(H,21,24). The maximum atomic E-state index is 12.7. The minimum Gasteiger partial charge on any atom is -0.345 e. The molecular formula is C19H20N4O. The van der Waals surface area contributed by atoms with Crippen LogP contribution in [0.5, 0.6) is 0 Å². The molecule has 24 heavy (non-hydrogen) atoms. The molecule has 0 saturated carbocycles. The van der Waals surface area contributed by atoms with E-state index in [2.05, 4.69) is 15.4 Å². The van der Waals surface area contributed by atoms with Gasteiger partial charge in [0.15, 0.2) is 0 Å². The molecule has 0 bridgehead atoms. The van der Waals surface area contributed by atoms with Gasteiger partial charge in [-0.05, 0) is 44.5 Å². The summed E-state index contributed by atoms with van der Waals surface area (Å²) in [5.74, 6) is -0.122. The predicted molar refractivity (Wildman–Crippen MR) is 93.2 cm³/mol. The van der Waals surface area contributed by atoms with Crippen LogP contribution in [0, 0.1) is 13.8 Å². The van der Waals surface area contributed by atoms with Crippen LogP contribution in [0.25, 0.3) is 5.69 Å². The van der Waals surface area contributed by atoms with E-state index in [1.807, 2.05) is 63.2 Å². The van der Waals surface area contributed by atoms with E-state index in [-0.39, 0.29) is 11.9 Å². The number of aromatic nitrogens is 3. The largest absolute Gasteiger partial charge is 0.345 e. The molecule has 2 aromatic heterocycles. The molecule has 122 valence electrons. The monoisotopic (exact) mass is 320 g/mol. The summed E-state index contributed by atoms with van der Waals surface area (Å²) in [6, 6.07) is 13.5. The van der Waals surface area contributed by atoms with Crippen LogP contribution in [0.4, 0.5) is 0 Å². The minimum atomic E-state index is -0.122. The minimum absolute atomic E-state index is 0.120. The summed E-state index contributed by atoms with van der Waals surface area (Å²) in [6.45, 7) is 5.72. The van der Waals surface area contributed by atoms with Gasteiger partial charge in [0, 0.05) is 12.4 Å². The second-order valence-corrected chi connectivity index (χ2v) is 5.77. The first-order valence-corrected chi connectivity index (χ1v) is 7.90. The topological polar surface area (TPSA) is 59.8 Å². The first-order chi connectivity index (χ1) is 11.6. The van der Waals surface area contributed by atoms with Crippen molar-refractivity contribution in [2.45, 2.75) is 26.8 Å². The number of nitrogens with zero attached hydrogens (tertiary/aromatic N) is 3. The first kappa shape index (κ1) is 15.9. The molecule has 2 heterocycles. The number of pyridine rings is 1. The van der Waals surface area contributed by atoms with Crippen molar-refractivity contribution in [2.24, 2.45) is 0 Å². The van der Waals surface area contributed by atoms with Crippen LogP contribution in [0.2, 0.25) is 0 Å². The van der Waals surface area contributed by atoms with Crippen molar-refractivity contribution in [2.75, 3.05) is 0 Å². The van der Waals surface area contributed by atoms with Gasteiger partial charge in [0.25, 0.3) is 5.91 Å². The Hall–Kier alpha value is -2.95. The molecule has 1 atom stereocenters. The third-order valence-corrected chi connectivity index (χ3v) is 4.05. The fourth-order valence-corrected chi connectivity index (χ4v) is 2.78. The second kappa shape index (κ2) is 6.66. The van der Waals surface area contributed by atoms with Gasteiger partial charge in [-0.2, -0.15) is 5.10 Å². The molecule has 0 saturated heterocycles. The van der Waals surface area contributed by atoms with E-state index < -0.39 is 0 Å². The van der Waals surface area contributed by atoms with Gasteiger partial charge in [-0.25, -0.2) is 4.68 Å². The van der Waals surface area contributed by atoms with Crippen molar-refractivity contribution in [1.82, 2.24) is 20.1 Å². The summed E-state index contributed by atoms with van der Waals surface area (Å²) >= 11 is 0. The van der Waals surface area contributed by atoms with Crippen molar-refractivity contribution >= 4 is 5.91 Å². The Bertz CT molecular complexity index is 841. The summed E-state index contributed by atoms with van der Waals surface area (Å²) in [6.07, 6.45) is 3.48. The van der Waals surface area contributed by atoms with Gasteiger partial charge in [-0.1, -0.05) is 24.3 Å². The summed E-state index contributed by atoms with van der Waals surface area (Å²) in [5, 5.41) is 7.55. The lowest BCUT2D eigenvalue weighted by molar-refractivity contribution is 0.0938. The van der Waals surface area contributed by atoms with Crippen LogP contribution < -0.4 is 5.32 Å². The van der Waals surface area contributed by atoms with Gasteiger partial charge in [0.1, 0.15) is 0 Å². The fourth-order valence-electron chi connectivity index (χ4n) is 2.78. The van der Waals surface area contributed by atoms with Crippen molar-refractivity contribution in [3.8, 4) is 5.69 Å². The summed E-state index contributed by atoms with van der Waals surface area (Å²) in [7, 11) is 0. The summed E-state index contributed by atoms with van der Waals surface area (Å²) in [4.78, 5) is 16.8. The van der Waals surface area contributed by atoms with Gasteiger partial charge in [0.2, 0.25) is 0 Å². The number of rotatable bonds is 4. The lowest BCUT2D eigenvalue weighted by Gasteiger charge is -2.14. The third kappa shape index (κ3) is 3.06. The molecule has 0 aliphatic carbocycles.